The lowest BCUT2D eigenvalue weighted by Crippen LogP contribution is -2.50. The van der Waals surface area contributed by atoms with E-state index >= 15 is 0 Å². The molecule has 0 saturated carbocycles. The fraction of sp³-hybridized carbons (Fsp3) is 0.440. The quantitative estimate of drug-likeness (QED) is 0.710. The normalized spacial score (nSPS) is 16.0. The Morgan fingerprint density at radius 2 is 1.62 bits per heavy atom. The van der Waals surface area contributed by atoms with Crippen LogP contribution in [0.1, 0.15) is 31.9 Å². The van der Waals surface area contributed by atoms with Gasteiger partial charge in [0.05, 0.1) is 5.69 Å². The fourth-order valence-electron chi connectivity index (χ4n) is 4.05. The summed E-state index contributed by atoms with van der Waals surface area (Å²) in [5, 5.41) is 0. The number of rotatable bonds is 3. The summed E-state index contributed by atoms with van der Waals surface area (Å²) < 4.78 is 11.0. The van der Waals surface area contributed by atoms with E-state index in [1.807, 2.05) is 63.2 Å². The van der Waals surface area contributed by atoms with Gasteiger partial charge < -0.3 is 19.3 Å². The van der Waals surface area contributed by atoms with E-state index in [-0.39, 0.29) is 18.8 Å². The van der Waals surface area contributed by atoms with Gasteiger partial charge in [0.1, 0.15) is 12.2 Å². The summed E-state index contributed by atoms with van der Waals surface area (Å²) in [7, 11) is 0. The molecule has 0 aromatic heterocycles. The third-order valence-corrected chi connectivity index (χ3v) is 5.68. The molecular weight excluding hydrogens is 406 g/mol. The third kappa shape index (κ3) is 5.15. The number of piperazine rings is 1. The number of carbonyl (C=O) groups excluding carboxylic acids is 2. The Morgan fingerprint density at radius 1 is 0.906 bits per heavy atom. The van der Waals surface area contributed by atoms with Crippen LogP contribution in [-0.2, 0) is 22.5 Å². The van der Waals surface area contributed by atoms with Crippen LogP contribution in [0.4, 0.5) is 21.0 Å². The molecule has 2 aromatic carbocycles. The number of carbonyl (C=O) groups is 2. The minimum atomic E-state index is -0.484. The summed E-state index contributed by atoms with van der Waals surface area (Å²) in [6.07, 6.45) is 0.240. The maximum absolute atomic E-state index is 12.6. The summed E-state index contributed by atoms with van der Waals surface area (Å²) in [5.74, 6) is 0. The highest BCUT2D eigenvalue weighted by Gasteiger charge is 2.29. The Bertz CT molecular complexity index is 963. The zero-order valence-electron chi connectivity index (χ0n) is 19.0. The second kappa shape index (κ2) is 9.10. The van der Waals surface area contributed by atoms with E-state index in [4.69, 9.17) is 9.47 Å². The molecule has 32 heavy (non-hydrogen) atoms. The van der Waals surface area contributed by atoms with E-state index in [9.17, 15) is 9.59 Å². The fourth-order valence-corrected chi connectivity index (χ4v) is 4.05. The minimum absolute atomic E-state index is 0.254. The molecule has 0 aliphatic carbocycles. The first-order valence-electron chi connectivity index (χ1n) is 11.1. The van der Waals surface area contributed by atoms with Gasteiger partial charge in [-0.05, 0) is 56.5 Å². The van der Waals surface area contributed by atoms with Crippen molar-refractivity contribution >= 4 is 23.6 Å². The summed E-state index contributed by atoms with van der Waals surface area (Å²) >= 11 is 0. The number of anilines is 2. The van der Waals surface area contributed by atoms with Gasteiger partial charge in [0.2, 0.25) is 0 Å². The molecule has 2 aromatic rings. The largest absolute Gasteiger partial charge is 0.444 e. The monoisotopic (exact) mass is 437 g/mol. The van der Waals surface area contributed by atoms with Crippen LogP contribution in [0.3, 0.4) is 0 Å². The maximum atomic E-state index is 12.6. The van der Waals surface area contributed by atoms with Gasteiger partial charge in [-0.15, -0.1) is 0 Å². The van der Waals surface area contributed by atoms with Crippen molar-refractivity contribution in [3.63, 3.8) is 0 Å². The Morgan fingerprint density at radius 3 is 2.31 bits per heavy atom. The van der Waals surface area contributed by atoms with Crippen LogP contribution in [0.25, 0.3) is 0 Å². The second-order valence-electron chi connectivity index (χ2n) is 9.21. The van der Waals surface area contributed by atoms with E-state index in [1.54, 1.807) is 9.80 Å². The highest BCUT2D eigenvalue weighted by molar-refractivity contribution is 5.90. The lowest BCUT2D eigenvalue weighted by molar-refractivity contribution is 0.0240. The number of amides is 2. The van der Waals surface area contributed by atoms with Crippen molar-refractivity contribution in [2.75, 3.05) is 42.5 Å². The van der Waals surface area contributed by atoms with Gasteiger partial charge in [0.25, 0.3) is 0 Å². The zero-order valence-corrected chi connectivity index (χ0v) is 19.0. The molecular formula is C25H31N3O4. The molecule has 7 heteroatoms. The molecule has 2 aliphatic rings. The van der Waals surface area contributed by atoms with E-state index < -0.39 is 5.60 Å². The number of hydrogen-bond donors (Lipinski definition) is 0. The molecule has 1 saturated heterocycles. The van der Waals surface area contributed by atoms with Crippen molar-refractivity contribution in [1.82, 2.24) is 4.90 Å². The van der Waals surface area contributed by atoms with E-state index in [2.05, 4.69) is 11.0 Å². The van der Waals surface area contributed by atoms with E-state index in [1.165, 1.54) is 0 Å². The predicted octanol–water partition coefficient (Wildman–Crippen LogP) is 4.44. The zero-order chi connectivity index (χ0) is 22.7. The number of fused-ring (bicyclic) bond motifs is 1. The van der Waals surface area contributed by atoms with Crippen molar-refractivity contribution in [1.29, 1.82) is 0 Å². The first-order valence-corrected chi connectivity index (χ1v) is 11.1. The predicted molar refractivity (Wildman–Crippen MR) is 124 cm³/mol. The Hall–Kier alpha value is -3.22. The number of nitrogens with zero attached hydrogens (tertiary/aromatic N) is 3. The van der Waals surface area contributed by atoms with Crippen LogP contribution in [0.15, 0.2) is 48.5 Å². The van der Waals surface area contributed by atoms with Crippen molar-refractivity contribution < 1.29 is 19.1 Å². The first-order chi connectivity index (χ1) is 15.3. The van der Waals surface area contributed by atoms with Gasteiger partial charge in [0, 0.05) is 38.4 Å². The van der Waals surface area contributed by atoms with Crippen LogP contribution < -0.4 is 9.80 Å². The Balaban J connectivity index is 1.34. The smallest absolute Gasteiger partial charge is 0.414 e. The molecule has 4 rings (SSSR count). The van der Waals surface area contributed by atoms with Crippen LogP contribution in [-0.4, -0.2) is 55.4 Å². The Kier molecular flexibility index (Phi) is 6.26. The molecule has 0 N–H and O–H groups in total. The summed E-state index contributed by atoms with van der Waals surface area (Å²) in [6, 6.07) is 15.9. The van der Waals surface area contributed by atoms with Crippen LogP contribution in [0, 0.1) is 0 Å². The molecule has 0 unspecified atom stereocenters. The van der Waals surface area contributed by atoms with Gasteiger partial charge in [-0.3, -0.25) is 4.90 Å². The van der Waals surface area contributed by atoms with Crippen LogP contribution >= 0.6 is 0 Å². The molecule has 170 valence electrons. The molecule has 2 amide bonds. The number of hydrogen-bond acceptors (Lipinski definition) is 5. The average molecular weight is 438 g/mol. The highest BCUT2D eigenvalue weighted by atomic mass is 16.6. The van der Waals surface area contributed by atoms with Gasteiger partial charge in [-0.2, -0.15) is 0 Å². The molecule has 2 heterocycles. The molecule has 0 radical (unpaired) electrons. The van der Waals surface area contributed by atoms with Crippen molar-refractivity contribution in [2.24, 2.45) is 0 Å². The average Bonchev–Trinajstić information content (AvgIpc) is 3.20. The molecule has 1 fully saturated rings. The highest BCUT2D eigenvalue weighted by Crippen LogP contribution is 2.32. The van der Waals surface area contributed by atoms with Gasteiger partial charge in [-0.1, -0.05) is 30.3 Å². The standard InChI is InChI=1S/C25H31N3O4/c1-25(2,3)32-23(29)27-15-13-26(14-16-27)21-9-10-22-20(17-21)11-12-28(22)24(30)31-18-19-7-5-4-6-8-19/h4-10,17H,11-16,18H2,1-3H3. The lowest BCUT2D eigenvalue weighted by atomic mass is 10.1. The number of ether oxygens (including phenoxy) is 2. The summed E-state index contributed by atoms with van der Waals surface area (Å²) in [4.78, 5) is 30.7. The molecule has 0 spiro atoms. The van der Waals surface area contributed by atoms with Gasteiger partial charge in [0.15, 0.2) is 0 Å². The number of benzene rings is 2. The summed E-state index contributed by atoms with van der Waals surface area (Å²) in [5.41, 5.74) is 3.67. The molecule has 0 bridgehead atoms. The topological polar surface area (TPSA) is 62.3 Å². The Labute approximate surface area is 189 Å². The third-order valence-electron chi connectivity index (χ3n) is 5.68. The second-order valence-corrected chi connectivity index (χ2v) is 9.21. The first kappa shape index (κ1) is 22.0. The van der Waals surface area contributed by atoms with E-state index in [0.29, 0.717) is 19.6 Å². The minimum Gasteiger partial charge on any atom is -0.444 e. The van der Waals surface area contributed by atoms with Crippen molar-refractivity contribution in [3.05, 3.63) is 59.7 Å². The molecule has 0 atom stereocenters. The van der Waals surface area contributed by atoms with Crippen LogP contribution in [0.2, 0.25) is 0 Å². The van der Waals surface area contributed by atoms with Gasteiger partial charge >= 0.3 is 12.2 Å². The van der Waals surface area contributed by atoms with Gasteiger partial charge in [-0.25, -0.2) is 9.59 Å². The van der Waals surface area contributed by atoms with Crippen LogP contribution in [0.5, 0.6) is 0 Å². The van der Waals surface area contributed by atoms with E-state index in [0.717, 1.165) is 42.0 Å². The van der Waals surface area contributed by atoms with Crippen molar-refractivity contribution in [2.45, 2.75) is 39.4 Å². The van der Waals surface area contributed by atoms with Crippen molar-refractivity contribution in [3.8, 4) is 0 Å². The summed E-state index contributed by atoms with van der Waals surface area (Å²) in [6.45, 7) is 9.30. The lowest BCUT2D eigenvalue weighted by Gasteiger charge is -2.37. The maximum Gasteiger partial charge on any atom is 0.414 e. The molecule has 2 aliphatic heterocycles. The molecule has 7 nitrogen and oxygen atoms in total. The SMILES string of the molecule is CC(C)(C)OC(=O)N1CCN(c2ccc3c(c2)CCN3C(=O)OCc2ccccc2)CC1.